The standard InChI is InChI=1S/C36H36N4/c1-4-12-28(13-5-1)16-10-24-37-30-20-22-33-35(26-30)40(32-18-8-3-9-19-32)36-27-31(21-23-34(36)39-33)38-25-11-17-29-14-6-2-7-15-29/h1-9,12-15,18-22,26-27,37-38H,10-11,16-17,23-25H2. The summed E-state index contributed by atoms with van der Waals surface area (Å²) in [5, 5.41) is 7.32. The molecule has 1 heterocycles. The molecule has 0 saturated heterocycles. The van der Waals surface area contributed by atoms with Gasteiger partial charge in [-0.25, -0.2) is 4.99 Å². The second-order valence-corrected chi connectivity index (χ2v) is 10.4. The van der Waals surface area contributed by atoms with Gasteiger partial charge in [0.25, 0.3) is 0 Å². The number of nitrogens with one attached hydrogen (secondary N) is 2. The molecule has 40 heavy (non-hydrogen) atoms. The topological polar surface area (TPSA) is 39.7 Å². The highest BCUT2D eigenvalue weighted by molar-refractivity contribution is 6.12. The number of aryl methyl sites for hydroxylation is 2. The normalized spacial score (nSPS) is 13.9. The van der Waals surface area contributed by atoms with Crippen LogP contribution >= 0.6 is 0 Å². The number of hydrogen-bond acceptors (Lipinski definition) is 4. The van der Waals surface area contributed by atoms with Gasteiger partial charge in [-0.15, -0.1) is 0 Å². The lowest BCUT2D eigenvalue weighted by molar-refractivity contribution is 0.731. The smallest absolute Gasteiger partial charge is 0.0876 e. The van der Waals surface area contributed by atoms with Gasteiger partial charge < -0.3 is 15.5 Å². The summed E-state index contributed by atoms with van der Waals surface area (Å²) in [4.78, 5) is 7.46. The van der Waals surface area contributed by atoms with E-state index in [1.807, 2.05) is 0 Å². The third kappa shape index (κ3) is 6.18. The van der Waals surface area contributed by atoms with Crippen molar-refractivity contribution in [1.82, 2.24) is 5.32 Å². The Kier molecular flexibility index (Phi) is 8.04. The minimum atomic E-state index is 0.815. The van der Waals surface area contributed by atoms with Crippen molar-refractivity contribution in [3.8, 4) is 0 Å². The molecule has 2 aliphatic rings. The Morgan fingerprint density at radius 3 is 1.98 bits per heavy atom. The Labute approximate surface area is 237 Å². The molecule has 6 rings (SSSR count). The van der Waals surface area contributed by atoms with Gasteiger partial charge in [-0.2, -0.15) is 0 Å². The molecule has 1 aliphatic carbocycles. The minimum Gasteiger partial charge on any atom is -0.385 e. The third-order valence-corrected chi connectivity index (χ3v) is 7.46. The highest BCUT2D eigenvalue weighted by Crippen LogP contribution is 2.44. The molecular weight excluding hydrogens is 488 g/mol. The summed E-state index contributed by atoms with van der Waals surface area (Å²) in [5.74, 6) is 0. The molecule has 0 spiro atoms. The van der Waals surface area contributed by atoms with E-state index < -0.39 is 0 Å². The Bertz CT molecular complexity index is 1500. The largest absolute Gasteiger partial charge is 0.385 e. The fourth-order valence-electron chi connectivity index (χ4n) is 5.40. The quantitative estimate of drug-likeness (QED) is 0.194. The number of nitrogens with zero attached hydrogens (tertiary/aromatic N) is 2. The van der Waals surface area contributed by atoms with E-state index in [0.29, 0.717) is 0 Å². The maximum Gasteiger partial charge on any atom is 0.0876 e. The molecule has 0 unspecified atom stereocenters. The first-order valence-electron chi connectivity index (χ1n) is 14.4. The molecule has 0 atom stereocenters. The lowest BCUT2D eigenvalue weighted by Gasteiger charge is -2.35. The molecule has 0 radical (unpaired) electrons. The van der Waals surface area contributed by atoms with Crippen LogP contribution in [-0.2, 0) is 12.8 Å². The fraction of sp³-hybridized carbons (Fsp3) is 0.194. The number of benzene rings is 4. The van der Waals surface area contributed by atoms with E-state index in [9.17, 15) is 0 Å². The molecule has 0 aromatic heterocycles. The summed E-state index contributed by atoms with van der Waals surface area (Å²) in [6, 6.07) is 38.6. The number of fused-ring (bicyclic) bond motifs is 2. The van der Waals surface area contributed by atoms with Crippen LogP contribution in [0.25, 0.3) is 0 Å². The Morgan fingerprint density at radius 2 is 1.30 bits per heavy atom. The summed E-state index contributed by atoms with van der Waals surface area (Å²) < 4.78 is 0. The van der Waals surface area contributed by atoms with Gasteiger partial charge in [-0.1, -0.05) is 84.9 Å². The molecule has 200 valence electrons. The third-order valence-electron chi connectivity index (χ3n) is 7.46. The second kappa shape index (κ2) is 12.5. The zero-order valence-corrected chi connectivity index (χ0v) is 22.9. The molecule has 4 nitrogen and oxygen atoms in total. The highest BCUT2D eigenvalue weighted by Gasteiger charge is 2.28. The summed E-state index contributed by atoms with van der Waals surface area (Å²) in [7, 11) is 0. The van der Waals surface area contributed by atoms with E-state index >= 15 is 0 Å². The van der Waals surface area contributed by atoms with Crippen LogP contribution in [-0.4, -0.2) is 18.8 Å². The molecule has 4 aromatic carbocycles. The molecule has 2 N–H and O–H groups in total. The zero-order valence-electron chi connectivity index (χ0n) is 22.9. The van der Waals surface area contributed by atoms with Crippen LogP contribution in [0.2, 0.25) is 0 Å². The van der Waals surface area contributed by atoms with Crippen molar-refractivity contribution < 1.29 is 0 Å². The zero-order chi connectivity index (χ0) is 27.0. The summed E-state index contributed by atoms with van der Waals surface area (Å²) in [5.41, 5.74) is 10.6. The number of para-hydroxylation sites is 1. The summed E-state index contributed by atoms with van der Waals surface area (Å²) in [6.45, 7) is 1.87. The highest BCUT2D eigenvalue weighted by atomic mass is 15.2. The second-order valence-electron chi connectivity index (χ2n) is 10.4. The number of rotatable bonds is 11. The molecular formula is C36H36N4. The molecule has 4 aromatic rings. The van der Waals surface area contributed by atoms with Crippen molar-refractivity contribution in [2.45, 2.75) is 32.1 Å². The molecule has 0 fully saturated rings. The van der Waals surface area contributed by atoms with Gasteiger partial charge in [0.05, 0.1) is 22.8 Å². The van der Waals surface area contributed by atoms with E-state index in [1.165, 1.54) is 16.8 Å². The van der Waals surface area contributed by atoms with Crippen LogP contribution in [0, 0.1) is 0 Å². The number of aliphatic imine (C=N–C) groups is 1. The van der Waals surface area contributed by atoms with Crippen molar-refractivity contribution in [1.29, 1.82) is 0 Å². The predicted octanol–water partition coefficient (Wildman–Crippen LogP) is 8.35. The van der Waals surface area contributed by atoms with Gasteiger partial charge in [0, 0.05) is 36.6 Å². The first kappa shape index (κ1) is 25.7. The van der Waals surface area contributed by atoms with Gasteiger partial charge in [0.1, 0.15) is 0 Å². The van der Waals surface area contributed by atoms with E-state index in [1.54, 1.807) is 0 Å². The van der Waals surface area contributed by atoms with Crippen LogP contribution in [0.5, 0.6) is 0 Å². The number of allylic oxidation sites excluding steroid dienone is 3. The van der Waals surface area contributed by atoms with Crippen molar-refractivity contribution in [3.63, 3.8) is 0 Å². The van der Waals surface area contributed by atoms with Crippen LogP contribution in [0.3, 0.4) is 0 Å². The van der Waals surface area contributed by atoms with Crippen molar-refractivity contribution in [3.05, 3.63) is 144 Å². The van der Waals surface area contributed by atoms with Crippen LogP contribution in [0.15, 0.2) is 138 Å². The fourth-order valence-corrected chi connectivity index (χ4v) is 5.40. The molecule has 1 aliphatic heterocycles. The molecule has 0 amide bonds. The maximum atomic E-state index is 5.10. The van der Waals surface area contributed by atoms with Crippen LogP contribution in [0.4, 0.5) is 22.7 Å². The molecule has 4 heteroatoms. The number of anilines is 3. The van der Waals surface area contributed by atoms with Gasteiger partial charge in [0.2, 0.25) is 0 Å². The van der Waals surface area contributed by atoms with Crippen molar-refractivity contribution in [2.75, 3.05) is 23.3 Å². The maximum absolute atomic E-state index is 5.10. The Hall–Kier alpha value is -4.57. The Balaban J connectivity index is 1.18. The lowest BCUT2D eigenvalue weighted by Crippen LogP contribution is -2.29. The summed E-state index contributed by atoms with van der Waals surface area (Å²) >= 11 is 0. The molecule has 0 bridgehead atoms. The van der Waals surface area contributed by atoms with E-state index in [2.05, 4.69) is 137 Å². The Morgan fingerprint density at radius 1 is 0.675 bits per heavy atom. The first-order chi connectivity index (χ1) is 19.8. The minimum absolute atomic E-state index is 0.815. The van der Waals surface area contributed by atoms with E-state index in [0.717, 1.165) is 79.4 Å². The SMILES string of the molecule is C1=C(NCCCc2ccccc2)C=C2C(=Nc3ccc(NCCCc4ccccc4)cc3N2c2ccccc2)C1. The van der Waals surface area contributed by atoms with Gasteiger partial charge in [-0.3, -0.25) is 0 Å². The summed E-state index contributed by atoms with van der Waals surface area (Å²) in [6.07, 6.45) is 9.67. The van der Waals surface area contributed by atoms with Gasteiger partial charge in [0.15, 0.2) is 0 Å². The number of hydrogen-bond donors (Lipinski definition) is 2. The predicted molar refractivity (Wildman–Crippen MR) is 169 cm³/mol. The van der Waals surface area contributed by atoms with E-state index in [4.69, 9.17) is 4.99 Å². The van der Waals surface area contributed by atoms with Gasteiger partial charge in [-0.05, 0) is 73.2 Å². The van der Waals surface area contributed by atoms with Gasteiger partial charge >= 0.3 is 0 Å². The van der Waals surface area contributed by atoms with Crippen molar-refractivity contribution in [2.24, 2.45) is 4.99 Å². The van der Waals surface area contributed by atoms with Crippen LogP contribution < -0.4 is 15.5 Å². The van der Waals surface area contributed by atoms with E-state index in [-0.39, 0.29) is 0 Å². The molecule has 0 saturated carbocycles. The van der Waals surface area contributed by atoms with Crippen molar-refractivity contribution >= 4 is 28.5 Å². The van der Waals surface area contributed by atoms with Crippen LogP contribution in [0.1, 0.15) is 30.4 Å². The first-order valence-corrected chi connectivity index (χ1v) is 14.4. The average molecular weight is 525 g/mol. The monoisotopic (exact) mass is 524 g/mol. The lowest BCUT2D eigenvalue weighted by atomic mass is 10.00. The average Bonchev–Trinajstić information content (AvgIpc) is 3.02.